The molecule has 2 N–H and O–H groups in total. The standard InChI is InChI=1S/C19H18FN3O4/c20-14-7-5-13(6-8-14)11-17(24)21-22-18(25)12-23-15-3-1-2-4-16(15)27-10-9-19(23)26/h1-8H,9-12H2,(H,21,24)(H,22,25). The summed E-state index contributed by atoms with van der Waals surface area (Å²) in [5, 5.41) is 0. The number of hydrogen-bond donors (Lipinski definition) is 2. The van der Waals surface area contributed by atoms with Gasteiger partial charge in [-0.05, 0) is 29.8 Å². The van der Waals surface area contributed by atoms with Gasteiger partial charge in [0, 0.05) is 0 Å². The predicted octanol–water partition coefficient (Wildman–Crippen LogP) is 1.33. The van der Waals surface area contributed by atoms with Crippen LogP contribution in [0.25, 0.3) is 0 Å². The molecule has 3 amide bonds. The van der Waals surface area contributed by atoms with Gasteiger partial charge in [-0.1, -0.05) is 24.3 Å². The van der Waals surface area contributed by atoms with Crippen LogP contribution in [0.3, 0.4) is 0 Å². The molecule has 7 nitrogen and oxygen atoms in total. The quantitative estimate of drug-likeness (QED) is 0.794. The summed E-state index contributed by atoms with van der Waals surface area (Å²) in [6.45, 7) is -0.0155. The first kappa shape index (κ1) is 18.4. The van der Waals surface area contributed by atoms with E-state index in [4.69, 9.17) is 4.74 Å². The Morgan fingerprint density at radius 3 is 2.52 bits per heavy atom. The van der Waals surface area contributed by atoms with Gasteiger partial charge >= 0.3 is 0 Å². The number of anilines is 1. The van der Waals surface area contributed by atoms with Gasteiger partial charge in [-0.2, -0.15) is 0 Å². The normalized spacial score (nSPS) is 13.2. The first-order chi connectivity index (χ1) is 13.0. The number of carbonyl (C=O) groups is 3. The molecule has 0 saturated carbocycles. The maximum absolute atomic E-state index is 12.9. The second-order valence-electron chi connectivity index (χ2n) is 5.95. The molecular formula is C19H18FN3O4. The highest BCUT2D eigenvalue weighted by Gasteiger charge is 2.25. The lowest BCUT2D eigenvalue weighted by Crippen LogP contribution is -2.48. The van der Waals surface area contributed by atoms with Gasteiger partial charge in [0.1, 0.15) is 18.1 Å². The van der Waals surface area contributed by atoms with Crippen LogP contribution in [0.15, 0.2) is 48.5 Å². The number of nitrogens with one attached hydrogen (secondary N) is 2. The summed E-state index contributed by atoms with van der Waals surface area (Å²) >= 11 is 0. The number of halogens is 1. The van der Waals surface area contributed by atoms with Gasteiger partial charge in [-0.15, -0.1) is 0 Å². The highest BCUT2D eigenvalue weighted by molar-refractivity contribution is 6.00. The molecule has 0 radical (unpaired) electrons. The average molecular weight is 371 g/mol. The summed E-state index contributed by atoms with van der Waals surface area (Å²) in [7, 11) is 0. The maximum atomic E-state index is 12.9. The molecule has 27 heavy (non-hydrogen) atoms. The van der Waals surface area contributed by atoms with Crippen LogP contribution >= 0.6 is 0 Å². The Balaban J connectivity index is 1.56. The first-order valence-electron chi connectivity index (χ1n) is 8.37. The minimum Gasteiger partial charge on any atom is -0.491 e. The van der Waals surface area contributed by atoms with Gasteiger partial charge in [0.25, 0.3) is 5.91 Å². The van der Waals surface area contributed by atoms with Crippen LogP contribution in [0, 0.1) is 5.82 Å². The summed E-state index contributed by atoms with van der Waals surface area (Å²) in [4.78, 5) is 37.7. The average Bonchev–Trinajstić information content (AvgIpc) is 2.81. The van der Waals surface area contributed by atoms with Crippen LogP contribution < -0.4 is 20.5 Å². The number of nitrogens with zero attached hydrogens (tertiary/aromatic N) is 1. The van der Waals surface area contributed by atoms with Gasteiger partial charge in [-0.3, -0.25) is 30.1 Å². The maximum Gasteiger partial charge on any atom is 0.258 e. The number of benzene rings is 2. The molecule has 1 aliphatic heterocycles. The molecule has 8 heteroatoms. The highest BCUT2D eigenvalue weighted by atomic mass is 19.1. The van der Waals surface area contributed by atoms with Crippen molar-refractivity contribution in [3.63, 3.8) is 0 Å². The molecule has 0 bridgehead atoms. The molecular weight excluding hydrogens is 353 g/mol. The molecule has 140 valence electrons. The van der Waals surface area contributed by atoms with Crippen molar-refractivity contribution >= 4 is 23.4 Å². The molecule has 0 atom stereocenters. The van der Waals surface area contributed by atoms with Crippen molar-refractivity contribution in [3.05, 3.63) is 59.9 Å². The Hall–Kier alpha value is -3.42. The van der Waals surface area contributed by atoms with Crippen molar-refractivity contribution in [2.45, 2.75) is 12.8 Å². The largest absolute Gasteiger partial charge is 0.491 e. The van der Waals surface area contributed by atoms with Crippen molar-refractivity contribution in [2.75, 3.05) is 18.1 Å². The Morgan fingerprint density at radius 2 is 1.74 bits per heavy atom. The van der Waals surface area contributed by atoms with Gasteiger partial charge in [0.15, 0.2) is 0 Å². The number of fused-ring (bicyclic) bond motifs is 1. The second kappa shape index (κ2) is 8.31. The zero-order chi connectivity index (χ0) is 19.2. The van der Waals surface area contributed by atoms with Crippen molar-refractivity contribution in [1.29, 1.82) is 0 Å². The molecule has 0 unspecified atom stereocenters. The van der Waals surface area contributed by atoms with Crippen molar-refractivity contribution in [2.24, 2.45) is 0 Å². The minimum absolute atomic E-state index is 0.0140. The fourth-order valence-electron chi connectivity index (χ4n) is 2.65. The van der Waals surface area contributed by atoms with Crippen LogP contribution in [-0.4, -0.2) is 30.9 Å². The van der Waals surface area contributed by atoms with Gasteiger partial charge in [-0.25, -0.2) is 4.39 Å². The lowest BCUT2D eigenvalue weighted by Gasteiger charge is -2.21. The summed E-state index contributed by atoms with van der Waals surface area (Å²) in [6, 6.07) is 12.4. The van der Waals surface area contributed by atoms with Crippen molar-refractivity contribution < 1.29 is 23.5 Å². The number of ether oxygens (including phenoxy) is 1. The number of carbonyl (C=O) groups excluding carboxylic acids is 3. The molecule has 0 aromatic heterocycles. The fraction of sp³-hybridized carbons (Fsp3) is 0.211. The molecule has 0 fully saturated rings. The summed E-state index contributed by atoms with van der Waals surface area (Å²) in [6.07, 6.45) is 0.138. The van der Waals surface area contributed by atoms with Gasteiger partial charge in [0.05, 0.1) is 25.1 Å². The van der Waals surface area contributed by atoms with E-state index in [2.05, 4.69) is 10.9 Å². The number of amides is 3. The monoisotopic (exact) mass is 371 g/mol. The molecule has 3 rings (SSSR count). The van der Waals surface area contributed by atoms with E-state index >= 15 is 0 Å². The number of rotatable bonds is 4. The smallest absolute Gasteiger partial charge is 0.258 e. The zero-order valence-electron chi connectivity index (χ0n) is 14.4. The van der Waals surface area contributed by atoms with E-state index < -0.39 is 11.8 Å². The Morgan fingerprint density at radius 1 is 1.04 bits per heavy atom. The number of hydrogen-bond acceptors (Lipinski definition) is 4. The lowest BCUT2D eigenvalue weighted by atomic mass is 10.1. The SMILES string of the molecule is O=C(Cc1ccc(F)cc1)NNC(=O)CN1C(=O)CCOc2ccccc21. The van der Waals surface area contributed by atoms with Crippen LogP contribution in [0.1, 0.15) is 12.0 Å². The molecule has 2 aromatic rings. The molecule has 2 aromatic carbocycles. The third-order valence-corrected chi connectivity index (χ3v) is 3.95. The second-order valence-corrected chi connectivity index (χ2v) is 5.95. The van der Waals surface area contributed by atoms with E-state index in [1.165, 1.54) is 29.2 Å². The topological polar surface area (TPSA) is 87.7 Å². The molecule has 1 heterocycles. The Bertz CT molecular complexity index is 854. The third kappa shape index (κ3) is 4.81. The predicted molar refractivity (Wildman–Crippen MR) is 95.3 cm³/mol. The minimum atomic E-state index is -0.549. The Kier molecular flexibility index (Phi) is 5.65. The Labute approximate surface area is 155 Å². The first-order valence-corrected chi connectivity index (χ1v) is 8.37. The lowest BCUT2D eigenvalue weighted by molar-refractivity contribution is -0.128. The zero-order valence-corrected chi connectivity index (χ0v) is 14.4. The van der Waals surface area contributed by atoms with Gasteiger partial charge < -0.3 is 4.74 Å². The van der Waals surface area contributed by atoms with E-state index in [9.17, 15) is 18.8 Å². The van der Waals surface area contributed by atoms with Crippen LogP contribution in [0.5, 0.6) is 5.75 Å². The third-order valence-electron chi connectivity index (χ3n) is 3.95. The van der Waals surface area contributed by atoms with E-state index in [0.29, 0.717) is 17.0 Å². The van der Waals surface area contributed by atoms with E-state index in [1.807, 2.05) is 0 Å². The highest BCUT2D eigenvalue weighted by Crippen LogP contribution is 2.30. The van der Waals surface area contributed by atoms with E-state index in [1.54, 1.807) is 24.3 Å². The van der Waals surface area contributed by atoms with Crippen molar-refractivity contribution in [3.8, 4) is 5.75 Å². The number of hydrazine groups is 1. The molecule has 1 aliphatic rings. The van der Waals surface area contributed by atoms with E-state index in [0.717, 1.165) is 0 Å². The van der Waals surface area contributed by atoms with Crippen LogP contribution in [0.2, 0.25) is 0 Å². The van der Waals surface area contributed by atoms with E-state index in [-0.39, 0.29) is 37.7 Å². The molecule has 0 aliphatic carbocycles. The summed E-state index contributed by atoms with van der Waals surface area (Å²) in [5.74, 6) is -1.11. The molecule has 0 spiro atoms. The van der Waals surface area contributed by atoms with Crippen LogP contribution in [0.4, 0.5) is 10.1 Å². The molecule has 0 saturated heterocycles. The number of para-hydroxylation sites is 2. The summed E-state index contributed by atoms with van der Waals surface area (Å²) in [5.41, 5.74) is 5.69. The van der Waals surface area contributed by atoms with Crippen LogP contribution in [-0.2, 0) is 20.8 Å². The fourth-order valence-corrected chi connectivity index (χ4v) is 2.65. The van der Waals surface area contributed by atoms with Crippen molar-refractivity contribution in [1.82, 2.24) is 10.9 Å². The summed E-state index contributed by atoms with van der Waals surface area (Å²) < 4.78 is 18.4. The van der Waals surface area contributed by atoms with Gasteiger partial charge in [0.2, 0.25) is 11.8 Å².